The molecule has 53 heavy (non-hydrogen) atoms. The first-order chi connectivity index (χ1) is 25.3. The maximum Gasteiger partial charge on any atom is 0.408 e. The number of benzene rings is 1. The van der Waals surface area contributed by atoms with Crippen molar-refractivity contribution in [3.05, 3.63) is 73.8 Å². The zero-order valence-corrected chi connectivity index (χ0v) is 29.9. The summed E-state index contributed by atoms with van der Waals surface area (Å²) in [5.74, 6) is -1.91. The van der Waals surface area contributed by atoms with E-state index in [4.69, 9.17) is 19.3 Å². The van der Waals surface area contributed by atoms with E-state index in [-0.39, 0.29) is 67.4 Å². The summed E-state index contributed by atoms with van der Waals surface area (Å²) in [5, 5.41) is 16.0. The lowest BCUT2D eigenvalue weighted by Crippen LogP contribution is -2.44. The summed E-state index contributed by atoms with van der Waals surface area (Å²) < 4.78 is 28.0. The average molecular weight is 729 g/mol. The molecule has 5 heterocycles. The summed E-state index contributed by atoms with van der Waals surface area (Å²) in [6.07, 6.45) is 6.43. The standard InChI is InChI=1S/C39H41FN4O9/c1-4-39(50)25-15-29-34-23(17-43(29)35(47)24(25)18-51-36(39)48)33-27(9-8-22-20(2)26(40)16-28(41-34)32(22)33)42-37(49)53-21-7-5-6-13-38(3,14-12-21)19-52-44-30(45)10-11-31(44)46/h5,7,15-16,21,27,50H,4,6,8-14,17-19H2,1-3H3,(H,42,49)/b7-5+/t21-,27-,38+,39-/m0/s1. The highest BCUT2D eigenvalue weighted by molar-refractivity contribution is 6.00. The number of nitrogens with zero attached hydrogens (tertiary/aromatic N) is 3. The van der Waals surface area contributed by atoms with Crippen molar-refractivity contribution in [1.29, 1.82) is 0 Å². The second-order valence-corrected chi connectivity index (χ2v) is 15.2. The highest BCUT2D eigenvalue weighted by Gasteiger charge is 2.46. The minimum atomic E-state index is -2.00. The third-order valence-corrected chi connectivity index (χ3v) is 11.8. The van der Waals surface area contributed by atoms with Crippen LogP contribution in [0.1, 0.15) is 105 Å². The van der Waals surface area contributed by atoms with Gasteiger partial charge in [0, 0.05) is 35.4 Å². The number of ether oxygens (including phenoxy) is 2. The number of aliphatic hydroxyl groups is 1. The Labute approximate surface area is 304 Å². The number of carbonyl (C=O) groups is 4. The minimum absolute atomic E-state index is 0.00322. The molecule has 5 aliphatic rings. The number of allylic oxidation sites excluding steroid dienone is 1. The molecule has 2 aromatic heterocycles. The molecular formula is C39H41FN4O9. The number of esters is 1. The van der Waals surface area contributed by atoms with Crippen LogP contribution in [0.15, 0.2) is 29.1 Å². The number of halogens is 1. The summed E-state index contributed by atoms with van der Waals surface area (Å²) >= 11 is 0. The Morgan fingerprint density at radius 2 is 1.87 bits per heavy atom. The van der Waals surface area contributed by atoms with E-state index in [9.17, 15) is 29.1 Å². The van der Waals surface area contributed by atoms with Gasteiger partial charge in [0.25, 0.3) is 17.4 Å². The zero-order chi connectivity index (χ0) is 37.4. The van der Waals surface area contributed by atoms with Gasteiger partial charge in [-0.3, -0.25) is 19.2 Å². The first kappa shape index (κ1) is 35.1. The number of amides is 3. The number of hydroxylamine groups is 2. The van der Waals surface area contributed by atoms with Gasteiger partial charge in [0.15, 0.2) is 5.60 Å². The van der Waals surface area contributed by atoms with E-state index in [1.54, 1.807) is 19.9 Å². The molecule has 0 saturated carbocycles. The lowest BCUT2D eigenvalue weighted by atomic mass is 9.79. The van der Waals surface area contributed by atoms with Crippen LogP contribution >= 0.6 is 0 Å². The summed E-state index contributed by atoms with van der Waals surface area (Å²) in [5.41, 5.74) is 1.49. The number of cyclic esters (lactones) is 1. The lowest BCUT2D eigenvalue weighted by molar-refractivity contribution is -0.196. The molecule has 0 spiro atoms. The van der Waals surface area contributed by atoms with Gasteiger partial charge >= 0.3 is 12.1 Å². The van der Waals surface area contributed by atoms with Crippen LogP contribution in [0.4, 0.5) is 9.18 Å². The Hall–Kier alpha value is -4.95. The molecule has 14 heteroatoms. The van der Waals surface area contributed by atoms with E-state index in [1.807, 2.05) is 19.1 Å². The zero-order valence-electron chi connectivity index (χ0n) is 29.9. The van der Waals surface area contributed by atoms with Crippen LogP contribution in [-0.2, 0) is 53.9 Å². The van der Waals surface area contributed by atoms with Crippen LogP contribution in [0, 0.1) is 18.2 Å². The van der Waals surface area contributed by atoms with Crippen LogP contribution in [-0.4, -0.2) is 56.3 Å². The fourth-order valence-corrected chi connectivity index (χ4v) is 8.57. The Morgan fingerprint density at radius 1 is 1.09 bits per heavy atom. The maximum absolute atomic E-state index is 15.3. The monoisotopic (exact) mass is 728 g/mol. The first-order valence-corrected chi connectivity index (χ1v) is 18.3. The number of carbonyl (C=O) groups excluding carboxylic acids is 4. The van der Waals surface area contributed by atoms with Crippen molar-refractivity contribution in [2.24, 2.45) is 5.41 Å². The summed E-state index contributed by atoms with van der Waals surface area (Å²) in [6.45, 7) is 5.42. The van der Waals surface area contributed by atoms with Crippen molar-refractivity contribution in [2.75, 3.05) is 6.61 Å². The van der Waals surface area contributed by atoms with Crippen molar-refractivity contribution in [2.45, 2.75) is 109 Å². The minimum Gasteiger partial charge on any atom is -0.458 e. The molecule has 4 atom stereocenters. The van der Waals surface area contributed by atoms with Crippen LogP contribution in [0.5, 0.6) is 0 Å². The summed E-state index contributed by atoms with van der Waals surface area (Å²) in [7, 11) is 0. The van der Waals surface area contributed by atoms with Crippen LogP contribution < -0.4 is 10.9 Å². The third kappa shape index (κ3) is 5.73. The second kappa shape index (κ2) is 12.9. The fraction of sp³-hybridized carbons (Fsp3) is 0.487. The molecule has 1 aromatic carbocycles. The number of aryl methyl sites for hydroxylation is 1. The van der Waals surface area contributed by atoms with E-state index < -0.39 is 41.2 Å². The average Bonchev–Trinajstić information content (AvgIpc) is 3.66. The largest absolute Gasteiger partial charge is 0.458 e. The van der Waals surface area contributed by atoms with E-state index in [1.165, 1.54) is 10.6 Å². The first-order valence-electron chi connectivity index (χ1n) is 18.3. The fourth-order valence-electron chi connectivity index (χ4n) is 8.57. The molecule has 0 radical (unpaired) electrons. The third-order valence-electron chi connectivity index (χ3n) is 11.8. The highest BCUT2D eigenvalue weighted by Crippen LogP contribution is 2.46. The number of nitrogens with one attached hydrogen (secondary N) is 1. The number of hydrogen-bond acceptors (Lipinski definition) is 10. The molecule has 2 N–H and O–H groups in total. The van der Waals surface area contributed by atoms with Crippen molar-refractivity contribution in [3.63, 3.8) is 0 Å². The van der Waals surface area contributed by atoms with Crippen molar-refractivity contribution >= 4 is 34.8 Å². The molecule has 0 bridgehead atoms. The van der Waals surface area contributed by atoms with E-state index >= 15 is 4.39 Å². The molecule has 8 rings (SSSR count). The van der Waals surface area contributed by atoms with Gasteiger partial charge in [0.1, 0.15) is 18.5 Å². The van der Waals surface area contributed by atoms with Crippen LogP contribution in [0.25, 0.3) is 22.3 Å². The molecule has 0 unspecified atom stereocenters. The molecule has 1 saturated heterocycles. The topological polar surface area (TPSA) is 166 Å². The molecule has 3 aromatic rings. The molecule has 278 valence electrons. The van der Waals surface area contributed by atoms with E-state index in [0.717, 1.165) is 28.0 Å². The Morgan fingerprint density at radius 3 is 2.62 bits per heavy atom. The number of fused-ring (bicyclic) bond motifs is 5. The molecule has 3 amide bonds. The maximum atomic E-state index is 15.3. The van der Waals surface area contributed by atoms with E-state index in [0.29, 0.717) is 60.1 Å². The number of aromatic nitrogens is 2. The lowest BCUT2D eigenvalue weighted by Gasteiger charge is -2.33. The molecule has 1 fully saturated rings. The van der Waals surface area contributed by atoms with Gasteiger partial charge in [-0.15, -0.1) is 0 Å². The number of pyridine rings is 2. The SMILES string of the molecule is CC[C@@]1(O)C(=O)OCc2c1cc1n(c2=O)Cc2c-1nc1cc(F)c(C)c3c1c2[C@@H](NC(=O)O[C@H]1/C=C/CC[C@@](C)(CON2C(=O)CCC2=O)CC1)CC3. The highest BCUT2D eigenvalue weighted by atomic mass is 19.1. The Bertz CT molecular complexity index is 2200. The van der Waals surface area contributed by atoms with Gasteiger partial charge in [-0.2, -0.15) is 5.06 Å². The van der Waals surface area contributed by atoms with Gasteiger partial charge in [-0.05, 0) is 86.1 Å². The van der Waals surface area contributed by atoms with Gasteiger partial charge < -0.3 is 24.5 Å². The van der Waals surface area contributed by atoms with Gasteiger partial charge in [0.05, 0.1) is 41.7 Å². The quantitative estimate of drug-likeness (QED) is 0.160. The van der Waals surface area contributed by atoms with Crippen molar-refractivity contribution in [3.8, 4) is 11.4 Å². The molecule has 3 aliphatic heterocycles. The molecule has 2 aliphatic carbocycles. The predicted octanol–water partition coefficient (Wildman–Crippen LogP) is 4.83. The van der Waals surface area contributed by atoms with Crippen molar-refractivity contribution in [1.82, 2.24) is 19.9 Å². The predicted molar refractivity (Wildman–Crippen MR) is 186 cm³/mol. The Balaban J connectivity index is 1.08. The van der Waals surface area contributed by atoms with E-state index in [2.05, 4.69) is 5.32 Å². The molecule has 13 nitrogen and oxygen atoms in total. The summed E-state index contributed by atoms with van der Waals surface area (Å²) in [4.78, 5) is 74.9. The number of alkyl carbamates (subject to hydrolysis) is 1. The van der Waals surface area contributed by atoms with Gasteiger partial charge in [-0.1, -0.05) is 19.9 Å². The van der Waals surface area contributed by atoms with Crippen molar-refractivity contribution < 1.29 is 43.0 Å². The number of imide groups is 1. The summed E-state index contributed by atoms with van der Waals surface area (Å²) in [6, 6.07) is 2.43. The van der Waals surface area contributed by atoms with Crippen LogP contribution in [0.2, 0.25) is 0 Å². The second-order valence-electron chi connectivity index (χ2n) is 15.2. The molecular weight excluding hydrogens is 687 g/mol. The smallest absolute Gasteiger partial charge is 0.408 e. The number of rotatable bonds is 6. The number of hydrogen-bond donors (Lipinski definition) is 2. The Kier molecular flexibility index (Phi) is 8.52. The van der Waals surface area contributed by atoms with Crippen LogP contribution in [0.3, 0.4) is 0 Å². The van der Waals surface area contributed by atoms with Gasteiger partial charge in [0.2, 0.25) is 0 Å². The van der Waals surface area contributed by atoms with Gasteiger partial charge in [-0.25, -0.2) is 19.0 Å². The normalized spacial score (nSPS) is 26.7.